The van der Waals surface area contributed by atoms with Gasteiger partial charge >= 0.3 is 5.97 Å². The molecule has 0 saturated carbocycles. The van der Waals surface area contributed by atoms with Gasteiger partial charge in [-0.1, -0.05) is 27.7 Å². The van der Waals surface area contributed by atoms with E-state index in [9.17, 15) is 18.0 Å². The molecule has 2 rings (SSSR count). The molecule has 8 nitrogen and oxygen atoms in total. The second kappa shape index (κ2) is 10.9. The normalized spacial score (nSPS) is 15.4. The smallest absolute Gasteiger partial charge is 0.338 e. The van der Waals surface area contributed by atoms with E-state index in [1.807, 2.05) is 27.7 Å². The molecule has 1 aliphatic rings. The summed E-state index contributed by atoms with van der Waals surface area (Å²) in [6.07, 6.45) is 0. The Morgan fingerprint density at radius 2 is 1.57 bits per heavy atom. The lowest BCUT2D eigenvalue weighted by Gasteiger charge is -2.26. The summed E-state index contributed by atoms with van der Waals surface area (Å²) >= 11 is 0. The Bertz CT molecular complexity index is 804. The molecular weight excluding hydrogens is 408 g/mol. The van der Waals surface area contributed by atoms with Gasteiger partial charge in [-0.2, -0.15) is 4.31 Å². The molecule has 0 aliphatic carbocycles. The quantitative estimate of drug-likeness (QED) is 0.546. The zero-order chi connectivity index (χ0) is 22.3. The fourth-order valence-corrected chi connectivity index (χ4v) is 4.57. The van der Waals surface area contributed by atoms with Crippen LogP contribution in [-0.2, 0) is 24.3 Å². The van der Waals surface area contributed by atoms with Crippen molar-refractivity contribution in [1.82, 2.24) is 9.21 Å². The van der Waals surface area contributed by atoms with Gasteiger partial charge in [-0.15, -0.1) is 0 Å². The van der Waals surface area contributed by atoms with Gasteiger partial charge in [0.2, 0.25) is 10.0 Å². The monoisotopic (exact) mass is 440 g/mol. The molecule has 1 fully saturated rings. The minimum absolute atomic E-state index is 0.108. The molecule has 1 saturated heterocycles. The number of nitrogens with zero attached hydrogens (tertiary/aromatic N) is 2. The fraction of sp³-hybridized carbons (Fsp3) is 0.619. The number of ether oxygens (including phenoxy) is 2. The molecule has 1 heterocycles. The fourth-order valence-electron chi connectivity index (χ4n) is 3.16. The molecule has 0 unspecified atom stereocenters. The minimum Gasteiger partial charge on any atom is -0.452 e. The third kappa shape index (κ3) is 6.78. The molecule has 1 amide bonds. The second-order valence-corrected chi connectivity index (χ2v) is 10.1. The molecule has 1 aliphatic heterocycles. The van der Waals surface area contributed by atoms with E-state index in [2.05, 4.69) is 0 Å². The Hall–Kier alpha value is -1.97. The molecule has 1 aromatic carbocycles. The molecule has 0 spiro atoms. The molecule has 0 bridgehead atoms. The number of morpholine rings is 1. The van der Waals surface area contributed by atoms with E-state index in [1.165, 1.54) is 28.6 Å². The van der Waals surface area contributed by atoms with E-state index < -0.39 is 16.0 Å². The molecule has 1 aromatic rings. The van der Waals surface area contributed by atoms with Crippen molar-refractivity contribution < 1.29 is 27.5 Å². The van der Waals surface area contributed by atoms with Crippen molar-refractivity contribution in [1.29, 1.82) is 0 Å². The Morgan fingerprint density at radius 3 is 2.07 bits per heavy atom. The summed E-state index contributed by atoms with van der Waals surface area (Å²) in [5.41, 5.74) is 0.197. The standard InChI is InChI=1S/C21H32N2O6S/c1-16(2)13-22(14-17(3)4)20(24)15-29-21(25)18-5-7-19(8-6-18)30(26,27)23-9-11-28-12-10-23/h5-8,16-17H,9-15H2,1-4H3. The van der Waals surface area contributed by atoms with Gasteiger partial charge in [0, 0.05) is 26.2 Å². The maximum Gasteiger partial charge on any atom is 0.338 e. The maximum atomic E-state index is 12.6. The summed E-state index contributed by atoms with van der Waals surface area (Å²) < 4.78 is 37.0. The van der Waals surface area contributed by atoms with Gasteiger partial charge in [-0.3, -0.25) is 4.79 Å². The van der Waals surface area contributed by atoms with E-state index >= 15 is 0 Å². The first-order valence-electron chi connectivity index (χ1n) is 10.2. The van der Waals surface area contributed by atoms with Crippen LogP contribution in [0, 0.1) is 11.8 Å². The van der Waals surface area contributed by atoms with Crippen molar-refractivity contribution in [3.05, 3.63) is 29.8 Å². The average Bonchev–Trinajstić information content (AvgIpc) is 2.71. The lowest BCUT2D eigenvalue weighted by atomic mass is 10.1. The zero-order valence-corrected chi connectivity index (χ0v) is 19.0. The number of hydrogen-bond donors (Lipinski definition) is 0. The number of benzene rings is 1. The maximum absolute atomic E-state index is 12.6. The number of sulfonamides is 1. The predicted molar refractivity (Wildman–Crippen MR) is 113 cm³/mol. The van der Waals surface area contributed by atoms with E-state index in [0.717, 1.165) is 0 Å². The van der Waals surface area contributed by atoms with Gasteiger partial charge in [0.1, 0.15) is 0 Å². The van der Waals surface area contributed by atoms with Crippen molar-refractivity contribution >= 4 is 21.9 Å². The highest BCUT2D eigenvalue weighted by molar-refractivity contribution is 7.89. The van der Waals surface area contributed by atoms with Gasteiger partial charge in [0.15, 0.2) is 6.61 Å². The Labute approximate surface area is 179 Å². The third-order valence-corrected chi connectivity index (χ3v) is 6.46. The molecular formula is C21H32N2O6S. The van der Waals surface area contributed by atoms with Gasteiger partial charge in [-0.05, 0) is 36.1 Å². The van der Waals surface area contributed by atoms with Crippen molar-refractivity contribution in [3.63, 3.8) is 0 Å². The molecule has 9 heteroatoms. The van der Waals surface area contributed by atoms with Gasteiger partial charge in [0.25, 0.3) is 5.91 Å². The van der Waals surface area contributed by atoms with Crippen LogP contribution in [0.25, 0.3) is 0 Å². The van der Waals surface area contributed by atoms with E-state index in [0.29, 0.717) is 51.2 Å². The molecule has 168 valence electrons. The third-order valence-electron chi connectivity index (χ3n) is 4.55. The van der Waals surface area contributed by atoms with Gasteiger partial charge in [-0.25, -0.2) is 13.2 Å². The number of esters is 1. The molecule has 0 N–H and O–H groups in total. The van der Waals surface area contributed by atoms with Crippen molar-refractivity contribution in [2.75, 3.05) is 46.0 Å². The van der Waals surface area contributed by atoms with E-state index in [4.69, 9.17) is 9.47 Å². The summed E-state index contributed by atoms with van der Waals surface area (Å²) in [5, 5.41) is 0. The van der Waals surface area contributed by atoms with E-state index in [1.54, 1.807) is 4.90 Å². The predicted octanol–water partition coefficient (Wildman–Crippen LogP) is 2.00. The first-order chi connectivity index (χ1) is 14.1. The Kier molecular flexibility index (Phi) is 8.81. The van der Waals surface area contributed by atoms with Crippen LogP contribution in [0.5, 0.6) is 0 Å². The zero-order valence-electron chi connectivity index (χ0n) is 18.2. The Morgan fingerprint density at radius 1 is 1.03 bits per heavy atom. The SMILES string of the molecule is CC(C)CN(CC(C)C)C(=O)COC(=O)c1ccc(S(=O)(=O)N2CCOCC2)cc1. The highest BCUT2D eigenvalue weighted by Crippen LogP contribution is 2.18. The van der Waals surface area contributed by atoms with Gasteiger partial charge in [0.05, 0.1) is 23.7 Å². The second-order valence-electron chi connectivity index (χ2n) is 8.20. The lowest BCUT2D eigenvalue weighted by molar-refractivity contribution is -0.135. The lowest BCUT2D eigenvalue weighted by Crippen LogP contribution is -2.40. The van der Waals surface area contributed by atoms with Crippen LogP contribution in [-0.4, -0.2) is 75.5 Å². The summed E-state index contributed by atoms with van der Waals surface area (Å²) in [5.74, 6) is -0.279. The topological polar surface area (TPSA) is 93.2 Å². The summed E-state index contributed by atoms with van der Waals surface area (Å²) in [6, 6.07) is 5.57. The van der Waals surface area contributed by atoms with Crippen molar-refractivity contribution in [3.8, 4) is 0 Å². The summed E-state index contributed by atoms with van der Waals surface area (Å²) in [7, 11) is -3.62. The van der Waals surface area contributed by atoms with Crippen molar-refractivity contribution in [2.45, 2.75) is 32.6 Å². The number of carbonyl (C=O) groups is 2. The van der Waals surface area contributed by atoms with Crippen LogP contribution >= 0.6 is 0 Å². The molecule has 0 radical (unpaired) electrons. The Balaban J connectivity index is 1.97. The number of hydrogen-bond acceptors (Lipinski definition) is 6. The number of rotatable bonds is 9. The molecule has 0 aromatic heterocycles. The number of amides is 1. The van der Waals surface area contributed by atoms with Crippen molar-refractivity contribution in [2.24, 2.45) is 11.8 Å². The highest BCUT2D eigenvalue weighted by atomic mass is 32.2. The highest BCUT2D eigenvalue weighted by Gasteiger charge is 2.26. The minimum atomic E-state index is -3.62. The first kappa shape index (κ1) is 24.3. The largest absolute Gasteiger partial charge is 0.452 e. The molecule has 30 heavy (non-hydrogen) atoms. The van der Waals surface area contributed by atoms with E-state index in [-0.39, 0.29) is 23.0 Å². The van der Waals surface area contributed by atoms with Crippen LogP contribution in [0.4, 0.5) is 0 Å². The van der Waals surface area contributed by atoms with Crippen LogP contribution < -0.4 is 0 Å². The van der Waals surface area contributed by atoms with Crippen LogP contribution in [0.15, 0.2) is 29.2 Å². The summed E-state index contributed by atoms with van der Waals surface area (Å²) in [6.45, 7) is 10.3. The molecule has 0 atom stereocenters. The van der Waals surface area contributed by atoms with Crippen LogP contribution in [0.3, 0.4) is 0 Å². The summed E-state index contributed by atoms with van der Waals surface area (Å²) in [4.78, 5) is 26.6. The van der Waals surface area contributed by atoms with Crippen LogP contribution in [0.1, 0.15) is 38.1 Å². The van der Waals surface area contributed by atoms with Crippen LogP contribution in [0.2, 0.25) is 0 Å². The average molecular weight is 441 g/mol. The number of carbonyl (C=O) groups excluding carboxylic acids is 2. The first-order valence-corrected chi connectivity index (χ1v) is 11.7. The van der Waals surface area contributed by atoms with Gasteiger partial charge < -0.3 is 14.4 Å².